The first kappa shape index (κ1) is 10.2. The van der Waals surface area contributed by atoms with Crippen molar-refractivity contribution in [3.8, 4) is 0 Å². The third-order valence-corrected chi connectivity index (χ3v) is 3.50. The van der Waals surface area contributed by atoms with Crippen LogP contribution in [0.25, 0.3) is 0 Å². The minimum absolute atomic E-state index is 0.0425. The lowest BCUT2D eigenvalue weighted by Crippen LogP contribution is -2.48. The number of sulfonamides is 1. The molecule has 1 fully saturated rings. The fraction of sp³-hybridized carbons (Fsp3) is 1.00. The van der Waals surface area contributed by atoms with E-state index >= 15 is 0 Å². The fourth-order valence-corrected chi connectivity index (χ4v) is 1.75. The molecule has 0 aromatic heterocycles. The van der Waals surface area contributed by atoms with Crippen LogP contribution in [0, 0.1) is 5.41 Å². The summed E-state index contributed by atoms with van der Waals surface area (Å²) in [6.07, 6.45) is 0. The second-order valence-corrected chi connectivity index (χ2v) is 5.74. The summed E-state index contributed by atoms with van der Waals surface area (Å²) in [6, 6.07) is 0. The van der Waals surface area contributed by atoms with Crippen LogP contribution in [-0.4, -0.2) is 33.4 Å². The average Bonchev–Trinajstić information content (AvgIpc) is 1.98. The number of halogens is 1. The lowest BCUT2D eigenvalue weighted by molar-refractivity contribution is -0.0965. The first-order valence-corrected chi connectivity index (χ1v) is 5.77. The van der Waals surface area contributed by atoms with Crippen molar-refractivity contribution in [1.82, 2.24) is 4.72 Å². The van der Waals surface area contributed by atoms with Crippen LogP contribution < -0.4 is 4.72 Å². The molecule has 1 rings (SSSR count). The summed E-state index contributed by atoms with van der Waals surface area (Å²) in [5.41, 5.74) is -0.0425. The Morgan fingerprint density at radius 1 is 1.58 bits per heavy atom. The maximum absolute atomic E-state index is 10.9. The molecule has 1 aliphatic heterocycles. The summed E-state index contributed by atoms with van der Waals surface area (Å²) in [7, 11) is -3.27. The van der Waals surface area contributed by atoms with Gasteiger partial charge < -0.3 is 4.74 Å². The van der Waals surface area contributed by atoms with Crippen molar-refractivity contribution in [2.45, 2.75) is 6.92 Å². The first-order chi connectivity index (χ1) is 5.47. The zero-order valence-corrected chi connectivity index (χ0v) is 8.41. The van der Waals surface area contributed by atoms with Gasteiger partial charge in [-0.1, -0.05) is 6.92 Å². The van der Waals surface area contributed by atoms with Crippen LogP contribution in [0.2, 0.25) is 0 Å². The monoisotopic (exact) mass is 213 g/mol. The largest absolute Gasteiger partial charge is 0.380 e. The molecule has 0 aliphatic carbocycles. The van der Waals surface area contributed by atoms with E-state index in [0.29, 0.717) is 19.8 Å². The Morgan fingerprint density at radius 2 is 2.17 bits per heavy atom. The highest BCUT2D eigenvalue weighted by atomic mass is 35.5. The SMILES string of the molecule is CC1(CNS(=O)(=O)CCl)COC1. The number of rotatable bonds is 4. The maximum atomic E-state index is 10.9. The maximum Gasteiger partial charge on any atom is 0.225 e. The fourth-order valence-electron chi connectivity index (χ4n) is 0.875. The van der Waals surface area contributed by atoms with E-state index in [-0.39, 0.29) is 10.6 Å². The molecular weight excluding hydrogens is 202 g/mol. The average molecular weight is 214 g/mol. The Labute approximate surface area is 77.3 Å². The Hall–Kier alpha value is 0.160. The second kappa shape index (κ2) is 3.49. The molecule has 0 amide bonds. The lowest BCUT2D eigenvalue weighted by Gasteiger charge is -2.37. The molecule has 0 spiro atoms. The molecule has 72 valence electrons. The van der Waals surface area contributed by atoms with E-state index in [1.54, 1.807) is 0 Å². The van der Waals surface area contributed by atoms with Crippen molar-refractivity contribution < 1.29 is 13.2 Å². The van der Waals surface area contributed by atoms with Crippen LogP contribution >= 0.6 is 11.6 Å². The van der Waals surface area contributed by atoms with Crippen molar-refractivity contribution >= 4 is 21.6 Å². The summed E-state index contributed by atoms with van der Waals surface area (Å²) < 4.78 is 29.2. The first-order valence-electron chi connectivity index (χ1n) is 3.58. The van der Waals surface area contributed by atoms with E-state index in [2.05, 4.69) is 4.72 Å². The van der Waals surface area contributed by atoms with E-state index in [9.17, 15) is 8.42 Å². The van der Waals surface area contributed by atoms with Gasteiger partial charge in [-0.05, 0) is 0 Å². The van der Waals surface area contributed by atoms with Gasteiger partial charge in [-0.3, -0.25) is 0 Å². The molecule has 0 aromatic carbocycles. The molecular formula is C6H12ClNO3S. The molecule has 0 atom stereocenters. The Bertz CT molecular complexity index is 248. The molecule has 0 saturated carbocycles. The highest BCUT2D eigenvalue weighted by Crippen LogP contribution is 2.25. The lowest BCUT2D eigenvalue weighted by atomic mass is 9.89. The number of ether oxygens (including phenoxy) is 1. The van der Waals surface area contributed by atoms with Gasteiger partial charge >= 0.3 is 0 Å². The van der Waals surface area contributed by atoms with Crippen LogP contribution in [0.3, 0.4) is 0 Å². The van der Waals surface area contributed by atoms with Crippen LogP contribution in [0.15, 0.2) is 0 Å². The molecule has 1 heterocycles. The third kappa shape index (κ3) is 2.58. The third-order valence-electron chi connectivity index (χ3n) is 1.76. The Balaban J connectivity index is 2.35. The molecule has 0 unspecified atom stereocenters. The standard InChI is InChI=1S/C6H12ClNO3S/c1-6(3-11-4-6)2-8-12(9,10)5-7/h8H,2-5H2,1H3. The normalized spacial score (nSPS) is 21.8. The summed E-state index contributed by atoms with van der Waals surface area (Å²) in [5, 5.41) is -0.385. The Morgan fingerprint density at radius 3 is 2.50 bits per heavy atom. The minimum Gasteiger partial charge on any atom is -0.380 e. The van der Waals surface area contributed by atoms with Gasteiger partial charge in [-0.15, -0.1) is 11.6 Å². The van der Waals surface area contributed by atoms with Crippen molar-refractivity contribution in [2.24, 2.45) is 5.41 Å². The van der Waals surface area contributed by atoms with Crippen LogP contribution in [-0.2, 0) is 14.8 Å². The number of nitrogens with one attached hydrogen (secondary N) is 1. The van der Waals surface area contributed by atoms with Gasteiger partial charge in [0.25, 0.3) is 0 Å². The molecule has 12 heavy (non-hydrogen) atoms. The molecule has 0 bridgehead atoms. The molecule has 1 N–H and O–H groups in total. The van der Waals surface area contributed by atoms with Crippen molar-refractivity contribution in [1.29, 1.82) is 0 Å². The van der Waals surface area contributed by atoms with Crippen molar-refractivity contribution in [2.75, 3.05) is 25.0 Å². The zero-order chi connectivity index (χ0) is 9.24. The number of hydrogen-bond donors (Lipinski definition) is 1. The Kier molecular flexibility index (Phi) is 2.98. The number of alkyl halides is 1. The van der Waals surface area contributed by atoms with Crippen molar-refractivity contribution in [3.63, 3.8) is 0 Å². The smallest absolute Gasteiger partial charge is 0.225 e. The van der Waals surface area contributed by atoms with Gasteiger partial charge in [0, 0.05) is 12.0 Å². The van der Waals surface area contributed by atoms with E-state index in [0.717, 1.165) is 0 Å². The summed E-state index contributed by atoms with van der Waals surface area (Å²) in [6.45, 7) is 3.59. The highest BCUT2D eigenvalue weighted by Gasteiger charge is 2.34. The molecule has 4 nitrogen and oxygen atoms in total. The predicted molar refractivity (Wildman–Crippen MR) is 46.6 cm³/mol. The predicted octanol–water partition coefficient (Wildman–Crippen LogP) is 0.139. The van der Waals surface area contributed by atoms with Gasteiger partial charge in [-0.2, -0.15) is 0 Å². The molecule has 0 aromatic rings. The van der Waals surface area contributed by atoms with E-state index in [4.69, 9.17) is 16.3 Å². The topological polar surface area (TPSA) is 55.4 Å². The number of hydrogen-bond acceptors (Lipinski definition) is 3. The minimum atomic E-state index is -3.27. The summed E-state index contributed by atoms with van der Waals surface area (Å²) in [4.78, 5) is 0. The summed E-state index contributed by atoms with van der Waals surface area (Å²) >= 11 is 5.20. The van der Waals surface area contributed by atoms with Gasteiger partial charge in [0.05, 0.1) is 13.2 Å². The van der Waals surface area contributed by atoms with Crippen LogP contribution in [0.4, 0.5) is 0 Å². The van der Waals surface area contributed by atoms with Gasteiger partial charge in [0.2, 0.25) is 10.0 Å². The molecule has 1 saturated heterocycles. The quantitative estimate of drug-likeness (QED) is 0.676. The zero-order valence-electron chi connectivity index (χ0n) is 6.84. The highest BCUT2D eigenvalue weighted by molar-refractivity contribution is 7.90. The van der Waals surface area contributed by atoms with E-state index in [1.165, 1.54) is 0 Å². The van der Waals surface area contributed by atoms with Crippen LogP contribution in [0.5, 0.6) is 0 Å². The van der Waals surface area contributed by atoms with Crippen LogP contribution in [0.1, 0.15) is 6.92 Å². The molecule has 0 radical (unpaired) electrons. The van der Waals surface area contributed by atoms with E-state index < -0.39 is 10.0 Å². The molecule has 6 heteroatoms. The van der Waals surface area contributed by atoms with Crippen molar-refractivity contribution in [3.05, 3.63) is 0 Å². The van der Waals surface area contributed by atoms with Gasteiger partial charge in [-0.25, -0.2) is 13.1 Å². The van der Waals surface area contributed by atoms with Gasteiger partial charge in [0.1, 0.15) is 5.21 Å². The molecule has 1 aliphatic rings. The second-order valence-electron chi connectivity index (χ2n) is 3.35. The van der Waals surface area contributed by atoms with E-state index in [1.807, 2.05) is 6.92 Å². The van der Waals surface area contributed by atoms with Gasteiger partial charge in [0.15, 0.2) is 0 Å². The summed E-state index contributed by atoms with van der Waals surface area (Å²) in [5.74, 6) is 0.